The largest absolute Gasteiger partial charge is 0.507 e. The van der Waals surface area contributed by atoms with Crippen LogP contribution in [0.15, 0.2) is 71.7 Å². The Morgan fingerprint density at radius 3 is 2.50 bits per heavy atom. The summed E-state index contributed by atoms with van der Waals surface area (Å²) in [6, 6.07) is 15.9. The van der Waals surface area contributed by atoms with Gasteiger partial charge in [0, 0.05) is 13.0 Å². The predicted octanol–water partition coefficient (Wildman–Crippen LogP) is 4.17. The van der Waals surface area contributed by atoms with Crippen molar-refractivity contribution in [1.29, 1.82) is 0 Å². The fraction of sp³-hybridized carbons (Fsp3) is 0.200. The lowest BCUT2D eigenvalue weighted by molar-refractivity contribution is -0.123. The molecule has 0 spiro atoms. The van der Waals surface area contributed by atoms with Crippen molar-refractivity contribution >= 4 is 52.1 Å². The number of hydrazine groups is 1. The summed E-state index contributed by atoms with van der Waals surface area (Å²) in [5.41, 5.74) is 5.76. The monoisotopic (exact) mass is 495 g/mol. The van der Waals surface area contributed by atoms with E-state index in [4.69, 9.17) is 12.2 Å². The fourth-order valence-electron chi connectivity index (χ4n) is 3.17. The van der Waals surface area contributed by atoms with Gasteiger partial charge in [0.25, 0.3) is 11.8 Å². The number of benzene rings is 2. The normalized spacial score (nSPS) is 14.7. The van der Waals surface area contributed by atoms with Crippen molar-refractivity contribution in [2.24, 2.45) is 0 Å². The third-order valence-electron chi connectivity index (χ3n) is 4.96. The highest BCUT2D eigenvalue weighted by molar-refractivity contribution is 8.26. The molecule has 0 aromatic heterocycles. The molecule has 0 saturated carbocycles. The number of phenolic OH excluding ortho intramolecular Hbond substituents is 1. The maximum Gasteiger partial charge on any atom is 0.273 e. The number of aromatic hydroxyl groups is 1. The summed E-state index contributed by atoms with van der Waals surface area (Å²) in [4.78, 5) is 38.7. The van der Waals surface area contributed by atoms with E-state index in [0.717, 1.165) is 12.0 Å². The highest BCUT2D eigenvalue weighted by atomic mass is 32.2. The predicted molar refractivity (Wildman–Crippen MR) is 138 cm³/mol. The van der Waals surface area contributed by atoms with Gasteiger partial charge in [0.05, 0.1) is 10.5 Å². The molecule has 0 unspecified atom stereocenters. The first kappa shape index (κ1) is 25.2. The number of hydrogen-bond donors (Lipinski definition) is 3. The van der Waals surface area contributed by atoms with E-state index in [1.165, 1.54) is 23.9 Å². The molecule has 0 bridgehead atoms. The molecule has 34 heavy (non-hydrogen) atoms. The Bertz CT molecular complexity index is 1120. The topological polar surface area (TPSA) is 98.7 Å². The van der Waals surface area contributed by atoms with Gasteiger partial charge in [-0.2, -0.15) is 0 Å². The second kappa shape index (κ2) is 12.7. The molecule has 3 amide bonds. The lowest BCUT2D eigenvalue weighted by Gasteiger charge is -2.14. The van der Waals surface area contributed by atoms with Crippen LogP contribution in [0, 0.1) is 0 Å². The number of phenols is 1. The van der Waals surface area contributed by atoms with Crippen LogP contribution < -0.4 is 10.9 Å². The molecule has 1 fully saturated rings. The standard InChI is InChI=1S/C25H25N3O4S2/c29-20-14-7-6-13-19(20)23(31)27-26-22(30)16-5-2-8-17-28-24(32)21(34-25(28)33)15-9-12-18-10-3-1-4-11-18/h1,3-4,6-7,9-15,29H,2,5,8,16-17H2,(H,26,30)(H,27,31)/b12-9+,21-15+. The average Bonchev–Trinajstić information content (AvgIpc) is 3.10. The molecule has 176 valence electrons. The van der Waals surface area contributed by atoms with Gasteiger partial charge < -0.3 is 5.11 Å². The Morgan fingerprint density at radius 1 is 1.00 bits per heavy atom. The zero-order valence-corrected chi connectivity index (χ0v) is 20.0. The number of unbranched alkanes of at least 4 members (excludes halogenated alkanes) is 2. The number of nitrogens with zero attached hydrogens (tertiary/aromatic N) is 1. The zero-order chi connectivity index (χ0) is 24.3. The molecule has 3 rings (SSSR count). The molecule has 2 aromatic carbocycles. The number of allylic oxidation sites excluding steroid dienone is 2. The number of carbonyl (C=O) groups is 3. The lowest BCUT2D eigenvalue weighted by atomic mass is 10.2. The third kappa shape index (κ3) is 7.29. The average molecular weight is 496 g/mol. The fourth-order valence-corrected chi connectivity index (χ4v) is 4.43. The smallest absolute Gasteiger partial charge is 0.273 e. The van der Waals surface area contributed by atoms with E-state index >= 15 is 0 Å². The van der Waals surface area contributed by atoms with Gasteiger partial charge in [0.1, 0.15) is 10.1 Å². The van der Waals surface area contributed by atoms with E-state index in [9.17, 15) is 19.5 Å². The van der Waals surface area contributed by atoms with Gasteiger partial charge in [-0.25, -0.2) is 0 Å². The Morgan fingerprint density at radius 2 is 1.74 bits per heavy atom. The number of nitrogens with one attached hydrogen (secondary N) is 2. The third-order valence-corrected chi connectivity index (χ3v) is 6.36. The Balaban J connectivity index is 1.34. The molecule has 1 aliphatic rings. The number of thiocarbonyl (C=S) groups is 1. The summed E-state index contributed by atoms with van der Waals surface area (Å²) >= 11 is 6.64. The maximum absolute atomic E-state index is 12.6. The van der Waals surface area contributed by atoms with E-state index in [2.05, 4.69) is 10.9 Å². The van der Waals surface area contributed by atoms with Crippen molar-refractivity contribution in [3.8, 4) is 5.75 Å². The number of hydrogen-bond acceptors (Lipinski definition) is 6. The SMILES string of the molecule is O=C(CCCCCN1C(=O)/C(=C\C=C\c2ccccc2)SC1=S)NNC(=O)c1ccccc1O. The first-order valence-corrected chi connectivity index (χ1v) is 12.0. The number of rotatable bonds is 9. The second-order valence-corrected chi connectivity index (χ2v) is 9.13. The van der Waals surface area contributed by atoms with Gasteiger partial charge >= 0.3 is 0 Å². The summed E-state index contributed by atoms with van der Waals surface area (Å²) in [5.74, 6) is -1.18. The van der Waals surface area contributed by atoms with Crippen LogP contribution in [0.4, 0.5) is 0 Å². The molecule has 0 atom stereocenters. The van der Waals surface area contributed by atoms with Crippen molar-refractivity contribution in [2.75, 3.05) is 6.54 Å². The summed E-state index contributed by atoms with van der Waals surface area (Å²) < 4.78 is 0.536. The van der Waals surface area contributed by atoms with Gasteiger partial charge in [0.15, 0.2) is 0 Å². The van der Waals surface area contributed by atoms with Crippen molar-refractivity contribution in [2.45, 2.75) is 25.7 Å². The molecule has 0 aliphatic carbocycles. The highest BCUT2D eigenvalue weighted by Crippen LogP contribution is 2.31. The van der Waals surface area contributed by atoms with Crippen LogP contribution in [0.2, 0.25) is 0 Å². The van der Waals surface area contributed by atoms with Gasteiger partial charge in [-0.3, -0.25) is 30.1 Å². The molecule has 3 N–H and O–H groups in total. The number of carbonyl (C=O) groups excluding carboxylic acids is 3. The van der Waals surface area contributed by atoms with Gasteiger partial charge in [-0.15, -0.1) is 0 Å². The van der Waals surface area contributed by atoms with E-state index in [0.29, 0.717) is 28.6 Å². The zero-order valence-electron chi connectivity index (χ0n) is 18.4. The van der Waals surface area contributed by atoms with Crippen molar-refractivity contribution in [3.63, 3.8) is 0 Å². The van der Waals surface area contributed by atoms with Crippen molar-refractivity contribution in [1.82, 2.24) is 15.8 Å². The molecular formula is C25H25N3O4S2. The summed E-state index contributed by atoms with van der Waals surface area (Å²) in [6.07, 6.45) is 7.81. The minimum atomic E-state index is -0.590. The molecular weight excluding hydrogens is 470 g/mol. The van der Waals surface area contributed by atoms with Gasteiger partial charge in [-0.1, -0.05) is 85.0 Å². The van der Waals surface area contributed by atoms with Crippen LogP contribution in [-0.4, -0.2) is 38.6 Å². The van der Waals surface area contributed by atoms with Gasteiger partial charge in [0.2, 0.25) is 5.91 Å². The van der Waals surface area contributed by atoms with Crippen molar-refractivity contribution in [3.05, 3.63) is 82.8 Å². The van der Waals surface area contributed by atoms with Crippen LogP contribution >= 0.6 is 24.0 Å². The molecule has 7 nitrogen and oxygen atoms in total. The van der Waals surface area contributed by atoms with Crippen molar-refractivity contribution < 1.29 is 19.5 Å². The second-order valence-electron chi connectivity index (χ2n) is 7.46. The Labute approximate surface area is 207 Å². The minimum absolute atomic E-state index is 0.0795. The van der Waals surface area contributed by atoms with Gasteiger partial charge in [-0.05, 0) is 36.6 Å². The van der Waals surface area contributed by atoms with Crippen LogP contribution in [0.3, 0.4) is 0 Å². The van der Waals surface area contributed by atoms with Crippen LogP contribution in [0.25, 0.3) is 6.08 Å². The van der Waals surface area contributed by atoms with Crippen LogP contribution in [0.5, 0.6) is 5.75 Å². The first-order chi connectivity index (χ1) is 16.5. The molecule has 1 aliphatic heterocycles. The molecule has 1 saturated heterocycles. The maximum atomic E-state index is 12.6. The Hall–Kier alpha value is -3.43. The quantitative estimate of drug-likeness (QED) is 0.209. The molecule has 9 heteroatoms. The lowest BCUT2D eigenvalue weighted by Crippen LogP contribution is -2.41. The van der Waals surface area contributed by atoms with E-state index in [1.807, 2.05) is 42.5 Å². The molecule has 0 radical (unpaired) electrons. The molecule has 2 aromatic rings. The minimum Gasteiger partial charge on any atom is -0.507 e. The van der Waals surface area contributed by atoms with E-state index in [1.54, 1.807) is 23.1 Å². The molecule has 1 heterocycles. The first-order valence-electron chi connectivity index (χ1n) is 10.8. The summed E-state index contributed by atoms with van der Waals surface area (Å²) in [7, 11) is 0. The Kier molecular flexibility index (Phi) is 9.42. The number of amides is 3. The van der Waals surface area contributed by atoms with E-state index in [-0.39, 0.29) is 29.5 Å². The summed E-state index contributed by atoms with van der Waals surface area (Å²) in [6.45, 7) is 0.496. The van der Waals surface area contributed by atoms with Crippen LogP contribution in [-0.2, 0) is 9.59 Å². The van der Waals surface area contributed by atoms with Crippen LogP contribution in [0.1, 0.15) is 41.6 Å². The highest BCUT2D eigenvalue weighted by Gasteiger charge is 2.30. The number of para-hydroxylation sites is 1. The van der Waals surface area contributed by atoms with E-state index < -0.39 is 5.91 Å². The summed E-state index contributed by atoms with van der Waals surface area (Å²) in [5, 5.41) is 9.66. The number of thioether (sulfide) groups is 1.